The summed E-state index contributed by atoms with van der Waals surface area (Å²) >= 11 is 8.93. The SMILES string of the molecule is [2H]Oc1c(Cl)cc(NN=C(C#N)C(=O)NC(=O)O)cc1Br. The van der Waals surface area contributed by atoms with Crippen molar-refractivity contribution < 1.29 is 19.8 Å². The van der Waals surface area contributed by atoms with Gasteiger partial charge in [0.25, 0.3) is 7.34 Å². The van der Waals surface area contributed by atoms with Crippen LogP contribution in [0.3, 0.4) is 0 Å². The van der Waals surface area contributed by atoms with Gasteiger partial charge in [-0.05, 0) is 28.1 Å². The van der Waals surface area contributed by atoms with Crippen LogP contribution in [0.4, 0.5) is 10.5 Å². The van der Waals surface area contributed by atoms with Crippen LogP contribution in [-0.4, -0.2) is 29.4 Å². The molecule has 1 aromatic carbocycles. The molecule has 0 spiro atoms. The van der Waals surface area contributed by atoms with Gasteiger partial charge in [-0.25, -0.2) is 4.79 Å². The van der Waals surface area contributed by atoms with Crippen LogP contribution in [0.2, 0.25) is 5.02 Å². The molecular formula is C10H6BrClN4O4. The molecule has 10 heteroatoms. The second kappa shape index (κ2) is 6.74. The number of carbonyl (C=O) groups excluding carboxylic acids is 1. The van der Waals surface area contributed by atoms with E-state index in [1.54, 1.807) is 0 Å². The quantitative estimate of drug-likeness (QED) is 0.367. The van der Waals surface area contributed by atoms with Crippen molar-refractivity contribution in [2.75, 3.05) is 5.43 Å². The smallest absolute Gasteiger partial charge is 0.411 e. The van der Waals surface area contributed by atoms with Gasteiger partial charge in [0, 0.05) is 0 Å². The average Bonchev–Trinajstić information content (AvgIpc) is 2.38. The highest BCUT2D eigenvalue weighted by Gasteiger charge is 2.14. The molecular weight excluding hydrogens is 355 g/mol. The minimum Gasteiger partial charge on any atom is -0.505 e. The van der Waals surface area contributed by atoms with Crippen molar-refractivity contribution in [3.63, 3.8) is 0 Å². The second-order valence-corrected chi connectivity index (χ2v) is 4.47. The number of hydrazone groups is 1. The molecule has 0 unspecified atom stereocenters. The van der Waals surface area contributed by atoms with E-state index in [-0.39, 0.29) is 16.5 Å². The molecule has 0 aliphatic rings. The van der Waals surface area contributed by atoms with E-state index in [0.717, 1.165) is 0 Å². The fourth-order valence-electron chi connectivity index (χ4n) is 1.03. The molecule has 0 bridgehead atoms. The Kier molecular flexibility index (Phi) is 4.75. The first-order valence-corrected chi connectivity index (χ1v) is 5.96. The molecule has 8 nitrogen and oxygen atoms in total. The number of carboxylic acid groups (broad SMARTS) is 1. The highest BCUT2D eigenvalue weighted by molar-refractivity contribution is 9.10. The molecule has 1 aromatic rings. The van der Waals surface area contributed by atoms with Crippen LogP contribution >= 0.6 is 27.5 Å². The summed E-state index contributed by atoms with van der Waals surface area (Å²) in [7, 11) is 0. The van der Waals surface area contributed by atoms with Gasteiger partial charge in [-0.1, -0.05) is 11.6 Å². The Hall–Kier alpha value is -2.31. The van der Waals surface area contributed by atoms with Gasteiger partial charge in [-0.15, -0.1) is 0 Å². The van der Waals surface area contributed by atoms with Crippen molar-refractivity contribution in [2.45, 2.75) is 0 Å². The number of halogens is 2. The van der Waals surface area contributed by atoms with Crippen molar-refractivity contribution in [2.24, 2.45) is 5.10 Å². The summed E-state index contributed by atoms with van der Waals surface area (Å²) in [6.45, 7) is 0. The van der Waals surface area contributed by atoms with Gasteiger partial charge >= 0.3 is 6.09 Å². The Morgan fingerprint density at radius 1 is 1.55 bits per heavy atom. The Balaban J connectivity index is 2.95. The highest BCUT2D eigenvalue weighted by atomic mass is 79.9. The van der Waals surface area contributed by atoms with Gasteiger partial charge in [0.15, 0.2) is 0 Å². The molecule has 2 amide bonds. The summed E-state index contributed by atoms with van der Waals surface area (Å²) in [5.41, 5.74) is 1.95. The maximum Gasteiger partial charge on any atom is 0.411 e. The molecule has 1 rings (SSSR count). The first-order valence-electron chi connectivity index (χ1n) is 5.20. The van der Waals surface area contributed by atoms with Gasteiger partial charge in [0.1, 0.15) is 11.8 Å². The highest BCUT2D eigenvalue weighted by Crippen LogP contribution is 2.34. The zero-order chi connectivity index (χ0) is 16.0. The molecule has 20 heavy (non-hydrogen) atoms. The van der Waals surface area contributed by atoms with E-state index in [4.69, 9.17) is 23.4 Å². The number of imide groups is 1. The molecule has 0 aromatic heterocycles. The Labute approximate surface area is 127 Å². The van der Waals surface area contributed by atoms with Crippen molar-refractivity contribution >= 4 is 50.9 Å². The maximum atomic E-state index is 11.3. The fourth-order valence-corrected chi connectivity index (χ4v) is 1.82. The van der Waals surface area contributed by atoms with Crippen LogP contribution in [0, 0.1) is 11.3 Å². The minimum atomic E-state index is -1.61. The summed E-state index contributed by atoms with van der Waals surface area (Å²) in [6.07, 6.45) is -1.61. The largest absolute Gasteiger partial charge is 0.505 e. The topological polar surface area (TPSA) is 135 Å². The number of benzene rings is 1. The number of aromatic hydroxyl groups is 1. The number of phenolic OH excluding ortho intramolecular Hbond substituents is 1. The average molecular weight is 363 g/mol. The van der Waals surface area contributed by atoms with Crippen LogP contribution in [0.5, 0.6) is 5.75 Å². The van der Waals surface area contributed by atoms with E-state index in [0.29, 0.717) is 4.47 Å². The summed E-state index contributed by atoms with van der Waals surface area (Å²) < 4.78 is 7.15. The van der Waals surface area contributed by atoms with Gasteiger partial charge in [-0.2, -0.15) is 10.4 Å². The number of nitrogens with one attached hydrogen (secondary N) is 2. The molecule has 0 radical (unpaired) electrons. The third-order valence-corrected chi connectivity index (χ3v) is 2.71. The zero-order valence-corrected chi connectivity index (χ0v) is 11.8. The Bertz CT molecular complexity index is 638. The fraction of sp³-hybridized carbons (Fsp3) is 0. The van der Waals surface area contributed by atoms with Gasteiger partial charge in [0.05, 0.1) is 15.2 Å². The number of anilines is 1. The summed E-state index contributed by atoms with van der Waals surface area (Å²) in [4.78, 5) is 21.6. The normalized spacial score (nSPS) is 11.1. The van der Waals surface area contributed by atoms with Gasteiger partial charge < -0.3 is 10.2 Å². The number of phenols is 1. The third-order valence-electron chi connectivity index (χ3n) is 1.84. The van der Waals surface area contributed by atoms with Crippen molar-refractivity contribution in [1.29, 1.82) is 6.69 Å². The third kappa shape index (κ3) is 4.11. The monoisotopic (exact) mass is 361 g/mol. The molecule has 104 valence electrons. The lowest BCUT2D eigenvalue weighted by molar-refractivity contribution is -0.113. The van der Waals surface area contributed by atoms with Crippen molar-refractivity contribution in [3.05, 3.63) is 21.6 Å². The van der Waals surface area contributed by atoms with E-state index in [9.17, 15) is 9.59 Å². The summed E-state index contributed by atoms with van der Waals surface area (Å²) in [6, 6.07) is 4.21. The number of carbonyl (C=O) groups is 2. The molecule has 0 saturated heterocycles. The molecule has 4 N–H and O–H groups in total. The maximum absolute atomic E-state index is 11.3. The number of nitriles is 1. The second-order valence-electron chi connectivity index (χ2n) is 3.21. The van der Waals surface area contributed by atoms with Gasteiger partial charge in [0.2, 0.25) is 5.71 Å². The van der Waals surface area contributed by atoms with Crippen molar-refractivity contribution in [1.82, 2.24) is 5.32 Å². The molecule has 0 aliphatic heterocycles. The van der Waals surface area contributed by atoms with E-state index in [2.05, 4.69) is 31.6 Å². The number of amides is 2. The van der Waals surface area contributed by atoms with Crippen molar-refractivity contribution in [3.8, 4) is 11.8 Å². The van der Waals surface area contributed by atoms with E-state index < -0.39 is 17.7 Å². The Morgan fingerprint density at radius 2 is 2.25 bits per heavy atom. The predicted molar refractivity (Wildman–Crippen MR) is 73.7 cm³/mol. The van der Waals surface area contributed by atoms with E-state index in [1.807, 2.05) is 0 Å². The zero-order valence-electron chi connectivity index (χ0n) is 10.5. The lowest BCUT2D eigenvalue weighted by Crippen LogP contribution is -2.34. The number of rotatable bonds is 4. The van der Waals surface area contributed by atoms with E-state index in [1.165, 1.54) is 23.5 Å². The first-order chi connectivity index (χ1) is 9.88. The standard InChI is InChI=1S/C10H6BrClN4O4/c11-5-1-4(2-6(12)8(5)17)15-16-7(3-13)9(18)14-10(19)20/h1-2,15,17H,(H,14,18)(H,19,20)/i/hD. The van der Waals surface area contributed by atoms with E-state index >= 15 is 0 Å². The lowest BCUT2D eigenvalue weighted by atomic mass is 10.3. The van der Waals surface area contributed by atoms with Crippen LogP contribution in [-0.2, 0) is 4.79 Å². The predicted octanol–water partition coefficient (Wildman–Crippen LogP) is 1.89. The summed E-state index contributed by atoms with van der Waals surface area (Å²) in [5.74, 6) is -1.09. The van der Waals surface area contributed by atoms with Crippen LogP contribution < -0.4 is 10.7 Å². The van der Waals surface area contributed by atoms with Crippen LogP contribution in [0.25, 0.3) is 0 Å². The first kappa shape index (κ1) is 14.1. The van der Waals surface area contributed by atoms with Crippen LogP contribution in [0.15, 0.2) is 21.7 Å². The molecule has 0 heterocycles. The Morgan fingerprint density at radius 3 is 2.75 bits per heavy atom. The number of hydrogen-bond donors (Lipinski definition) is 4. The number of hydrogen-bond acceptors (Lipinski definition) is 6. The molecule has 0 atom stereocenters. The molecule has 0 fully saturated rings. The lowest BCUT2D eigenvalue weighted by Gasteiger charge is -2.05. The summed E-state index contributed by atoms with van der Waals surface area (Å²) in [5, 5.41) is 26.4. The van der Waals surface area contributed by atoms with Gasteiger partial charge in [-0.3, -0.25) is 15.5 Å². The minimum absolute atomic E-state index is 0.0790. The number of nitrogens with zero attached hydrogens (tertiary/aromatic N) is 2. The van der Waals surface area contributed by atoms with Crippen LogP contribution in [0.1, 0.15) is 0 Å². The molecule has 0 aliphatic carbocycles. The molecule has 0 saturated carbocycles.